The average Bonchev–Trinajstić information content (AvgIpc) is 3.01. The molecule has 1 aliphatic carbocycles. The standard InChI is InChI=1S/C13H12F4O2/c1-2-11(10(18)19)7-12(11,13(15,16)17)8-3-5-9(14)6-4-8/h3-6H,2,7H2,1H3,(H,18,19). The first-order valence-corrected chi connectivity index (χ1v) is 5.77. The quantitative estimate of drug-likeness (QED) is 0.858. The molecular formula is C13H12F4O2. The molecule has 1 fully saturated rings. The van der Waals surface area contributed by atoms with Crippen LogP contribution in [-0.4, -0.2) is 17.3 Å². The van der Waals surface area contributed by atoms with Crippen molar-refractivity contribution >= 4 is 5.97 Å². The largest absolute Gasteiger partial charge is 0.481 e. The highest BCUT2D eigenvalue weighted by Gasteiger charge is 2.83. The summed E-state index contributed by atoms with van der Waals surface area (Å²) in [6.07, 6.45) is -5.31. The molecule has 0 bridgehead atoms. The number of benzene rings is 1. The summed E-state index contributed by atoms with van der Waals surface area (Å²) in [7, 11) is 0. The lowest BCUT2D eigenvalue weighted by atomic mass is 9.83. The molecule has 104 valence electrons. The van der Waals surface area contributed by atoms with Crippen molar-refractivity contribution in [1.29, 1.82) is 0 Å². The zero-order chi connectivity index (χ0) is 14.5. The van der Waals surface area contributed by atoms with Crippen molar-refractivity contribution in [2.75, 3.05) is 0 Å². The van der Waals surface area contributed by atoms with Crippen molar-refractivity contribution in [2.45, 2.75) is 31.4 Å². The van der Waals surface area contributed by atoms with Crippen molar-refractivity contribution in [3.05, 3.63) is 35.6 Å². The van der Waals surface area contributed by atoms with E-state index < -0.39 is 35.2 Å². The Morgan fingerprint density at radius 3 is 2.16 bits per heavy atom. The van der Waals surface area contributed by atoms with E-state index in [1.54, 1.807) is 0 Å². The van der Waals surface area contributed by atoms with E-state index in [1.165, 1.54) is 6.92 Å². The van der Waals surface area contributed by atoms with Gasteiger partial charge in [-0.15, -0.1) is 0 Å². The number of halogens is 4. The molecule has 0 aromatic heterocycles. The predicted molar refractivity (Wildman–Crippen MR) is 59.1 cm³/mol. The maximum atomic E-state index is 13.4. The summed E-state index contributed by atoms with van der Waals surface area (Å²) >= 11 is 0. The number of hydrogen-bond donors (Lipinski definition) is 1. The van der Waals surface area contributed by atoms with Gasteiger partial charge in [-0.3, -0.25) is 4.79 Å². The Morgan fingerprint density at radius 2 is 1.84 bits per heavy atom. The Morgan fingerprint density at radius 1 is 1.32 bits per heavy atom. The number of carboxylic acid groups (broad SMARTS) is 1. The third-order valence-electron chi connectivity index (χ3n) is 4.09. The lowest BCUT2D eigenvalue weighted by Gasteiger charge is -2.25. The highest BCUT2D eigenvalue weighted by Crippen LogP contribution is 2.73. The molecule has 0 aliphatic heterocycles. The second-order valence-electron chi connectivity index (χ2n) is 4.83. The van der Waals surface area contributed by atoms with Crippen LogP contribution in [0.15, 0.2) is 24.3 Å². The van der Waals surface area contributed by atoms with E-state index in [-0.39, 0.29) is 12.0 Å². The second-order valence-corrected chi connectivity index (χ2v) is 4.83. The minimum Gasteiger partial charge on any atom is -0.481 e. The molecule has 0 radical (unpaired) electrons. The minimum absolute atomic E-state index is 0.126. The molecule has 0 amide bonds. The van der Waals surface area contributed by atoms with Gasteiger partial charge in [-0.1, -0.05) is 19.1 Å². The number of carbonyl (C=O) groups is 1. The third-order valence-corrected chi connectivity index (χ3v) is 4.09. The molecule has 1 N–H and O–H groups in total. The van der Waals surface area contributed by atoms with Crippen LogP contribution in [0.3, 0.4) is 0 Å². The van der Waals surface area contributed by atoms with Gasteiger partial charge in [0, 0.05) is 0 Å². The third kappa shape index (κ3) is 1.65. The second kappa shape index (κ2) is 3.95. The molecule has 1 aromatic rings. The van der Waals surface area contributed by atoms with Crippen molar-refractivity contribution < 1.29 is 27.5 Å². The van der Waals surface area contributed by atoms with Gasteiger partial charge >= 0.3 is 12.1 Å². The lowest BCUT2D eigenvalue weighted by molar-refractivity contribution is -0.179. The first kappa shape index (κ1) is 13.8. The van der Waals surface area contributed by atoms with Gasteiger partial charge in [-0.05, 0) is 30.5 Å². The first-order valence-electron chi connectivity index (χ1n) is 5.77. The number of hydrogen-bond acceptors (Lipinski definition) is 1. The Kier molecular flexibility index (Phi) is 2.88. The highest BCUT2D eigenvalue weighted by molar-refractivity contribution is 5.83. The van der Waals surface area contributed by atoms with Crippen LogP contribution in [0.25, 0.3) is 0 Å². The molecule has 2 nitrogen and oxygen atoms in total. The van der Waals surface area contributed by atoms with Crippen LogP contribution in [0.4, 0.5) is 17.6 Å². The van der Waals surface area contributed by atoms with Crippen molar-refractivity contribution in [3.63, 3.8) is 0 Å². The normalized spacial score (nSPS) is 30.2. The van der Waals surface area contributed by atoms with Gasteiger partial charge in [0.05, 0.1) is 5.41 Å². The van der Waals surface area contributed by atoms with Crippen LogP contribution in [0.5, 0.6) is 0 Å². The van der Waals surface area contributed by atoms with Crippen LogP contribution in [0.1, 0.15) is 25.3 Å². The molecule has 0 saturated heterocycles. The molecule has 2 atom stereocenters. The number of alkyl halides is 3. The molecule has 19 heavy (non-hydrogen) atoms. The zero-order valence-electron chi connectivity index (χ0n) is 10.1. The number of carboxylic acids is 1. The Hall–Kier alpha value is -1.59. The fourth-order valence-electron chi connectivity index (χ4n) is 2.89. The lowest BCUT2D eigenvalue weighted by Crippen LogP contribution is -2.38. The minimum atomic E-state index is -4.68. The summed E-state index contributed by atoms with van der Waals surface area (Å²) in [6, 6.07) is 3.87. The summed E-state index contributed by atoms with van der Waals surface area (Å²) in [4.78, 5) is 11.2. The van der Waals surface area contributed by atoms with Gasteiger partial charge in [-0.25, -0.2) is 4.39 Å². The van der Waals surface area contributed by atoms with Gasteiger partial charge in [0.2, 0.25) is 0 Å². The van der Waals surface area contributed by atoms with Crippen LogP contribution in [-0.2, 0) is 10.2 Å². The molecule has 1 aliphatic rings. The van der Waals surface area contributed by atoms with E-state index in [9.17, 15) is 22.4 Å². The summed E-state index contributed by atoms with van der Waals surface area (Å²) in [5.74, 6) is -2.12. The topological polar surface area (TPSA) is 37.3 Å². The molecule has 0 spiro atoms. The number of aliphatic carboxylic acids is 1. The van der Waals surface area contributed by atoms with E-state index in [4.69, 9.17) is 5.11 Å². The van der Waals surface area contributed by atoms with Crippen molar-refractivity contribution in [1.82, 2.24) is 0 Å². The molecule has 1 aromatic carbocycles. The van der Waals surface area contributed by atoms with Crippen LogP contribution < -0.4 is 0 Å². The molecule has 2 rings (SSSR count). The van der Waals surface area contributed by atoms with E-state index in [0.717, 1.165) is 24.3 Å². The maximum absolute atomic E-state index is 13.4. The van der Waals surface area contributed by atoms with Gasteiger partial charge in [0.1, 0.15) is 11.2 Å². The number of rotatable bonds is 3. The van der Waals surface area contributed by atoms with Crippen molar-refractivity contribution in [2.24, 2.45) is 5.41 Å². The zero-order valence-corrected chi connectivity index (χ0v) is 10.1. The first-order chi connectivity index (χ1) is 8.71. The fourth-order valence-corrected chi connectivity index (χ4v) is 2.89. The smallest absolute Gasteiger partial charge is 0.399 e. The molecule has 6 heteroatoms. The SMILES string of the molecule is CCC1(C(=O)O)CC1(c1ccc(F)cc1)C(F)(F)F. The van der Waals surface area contributed by atoms with E-state index in [1.807, 2.05) is 0 Å². The van der Waals surface area contributed by atoms with Crippen molar-refractivity contribution in [3.8, 4) is 0 Å². The van der Waals surface area contributed by atoms with E-state index in [2.05, 4.69) is 0 Å². The van der Waals surface area contributed by atoms with E-state index in [0.29, 0.717) is 0 Å². The summed E-state index contributed by atoms with van der Waals surface area (Å²) < 4.78 is 52.9. The Labute approximate surface area is 107 Å². The van der Waals surface area contributed by atoms with Gasteiger partial charge in [-0.2, -0.15) is 13.2 Å². The summed E-state index contributed by atoms with van der Waals surface area (Å²) in [5.41, 5.74) is -4.44. The van der Waals surface area contributed by atoms with Gasteiger partial charge in [0.15, 0.2) is 0 Å². The van der Waals surface area contributed by atoms with Crippen LogP contribution in [0, 0.1) is 11.2 Å². The summed E-state index contributed by atoms with van der Waals surface area (Å²) in [5, 5.41) is 9.14. The highest BCUT2D eigenvalue weighted by atomic mass is 19.4. The Balaban J connectivity index is 2.58. The summed E-state index contributed by atoms with van der Waals surface area (Å²) in [6.45, 7) is 1.42. The predicted octanol–water partition coefficient (Wildman–Crippen LogP) is 3.51. The van der Waals surface area contributed by atoms with Gasteiger partial charge < -0.3 is 5.11 Å². The van der Waals surface area contributed by atoms with Crippen LogP contribution in [0.2, 0.25) is 0 Å². The fraction of sp³-hybridized carbons (Fsp3) is 0.462. The maximum Gasteiger partial charge on any atom is 0.399 e. The molecule has 2 unspecified atom stereocenters. The molecule has 1 saturated carbocycles. The Bertz CT molecular complexity index is 508. The van der Waals surface area contributed by atoms with Crippen LogP contribution >= 0.6 is 0 Å². The molecular weight excluding hydrogens is 264 g/mol. The van der Waals surface area contributed by atoms with E-state index >= 15 is 0 Å². The monoisotopic (exact) mass is 276 g/mol. The molecule has 0 heterocycles. The average molecular weight is 276 g/mol. The van der Waals surface area contributed by atoms with Gasteiger partial charge in [0.25, 0.3) is 0 Å².